The molecule has 0 aromatic rings. The average molecular weight is 196 g/mol. The van der Waals surface area contributed by atoms with Gasteiger partial charge in [0.05, 0.1) is 6.07 Å². The van der Waals surface area contributed by atoms with Gasteiger partial charge in [-0.2, -0.15) is 5.26 Å². The first-order valence-corrected chi connectivity index (χ1v) is 5.03. The fourth-order valence-electron chi connectivity index (χ4n) is 1.80. The standard InChI is InChI=1S/C10H16N2O2/c1-2-12(10(13)3-6-11)9-4-7-14-8-5-9/h9H,2-5,7-8H2,1H3. The summed E-state index contributed by atoms with van der Waals surface area (Å²) in [5, 5.41) is 8.46. The number of amides is 1. The van der Waals surface area contributed by atoms with Crippen LogP contribution in [0.1, 0.15) is 26.2 Å². The van der Waals surface area contributed by atoms with Crippen molar-refractivity contribution in [3.63, 3.8) is 0 Å². The van der Waals surface area contributed by atoms with E-state index in [1.165, 1.54) is 0 Å². The molecular formula is C10H16N2O2. The summed E-state index contributed by atoms with van der Waals surface area (Å²) in [6.07, 6.45) is 1.78. The lowest BCUT2D eigenvalue weighted by Gasteiger charge is -2.33. The SMILES string of the molecule is CCN(C(=O)CC#N)C1CCOCC1. The third-order valence-corrected chi connectivity index (χ3v) is 2.52. The van der Waals surface area contributed by atoms with Crippen molar-refractivity contribution in [1.29, 1.82) is 5.26 Å². The second kappa shape index (κ2) is 5.61. The zero-order valence-corrected chi connectivity index (χ0v) is 8.53. The topological polar surface area (TPSA) is 53.3 Å². The summed E-state index contributed by atoms with van der Waals surface area (Å²) >= 11 is 0. The number of rotatable bonds is 3. The van der Waals surface area contributed by atoms with E-state index in [4.69, 9.17) is 10.00 Å². The Hall–Kier alpha value is -1.08. The van der Waals surface area contributed by atoms with E-state index in [-0.39, 0.29) is 18.4 Å². The Balaban J connectivity index is 2.51. The predicted octanol–water partition coefficient (Wildman–Crippen LogP) is 0.928. The summed E-state index contributed by atoms with van der Waals surface area (Å²) in [6.45, 7) is 4.08. The molecule has 1 heterocycles. The first kappa shape index (κ1) is 11.0. The number of ether oxygens (including phenoxy) is 1. The molecule has 1 fully saturated rings. The third kappa shape index (κ3) is 2.71. The quantitative estimate of drug-likeness (QED) is 0.674. The number of carbonyl (C=O) groups is 1. The maximum atomic E-state index is 11.5. The van der Waals surface area contributed by atoms with Gasteiger partial charge in [-0.05, 0) is 19.8 Å². The highest BCUT2D eigenvalue weighted by atomic mass is 16.5. The minimum Gasteiger partial charge on any atom is -0.381 e. The van der Waals surface area contributed by atoms with E-state index in [0.717, 1.165) is 26.1 Å². The molecule has 0 atom stereocenters. The first-order valence-electron chi connectivity index (χ1n) is 5.03. The Morgan fingerprint density at radius 1 is 1.57 bits per heavy atom. The van der Waals surface area contributed by atoms with Crippen LogP contribution in [-0.2, 0) is 9.53 Å². The van der Waals surface area contributed by atoms with Crippen LogP contribution in [0.5, 0.6) is 0 Å². The zero-order chi connectivity index (χ0) is 10.4. The Kier molecular flexibility index (Phi) is 4.41. The van der Waals surface area contributed by atoms with Gasteiger partial charge >= 0.3 is 0 Å². The lowest BCUT2D eigenvalue weighted by atomic mass is 10.1. The van der Waals surface area contributed by atoms with Gasteiger partial charge in [0.25, 0.3) is 0 Å². The molecule has 78 valence electrons. The molecule has 1 rings (SSSR count). The first-order chi connectivity index (χ1) is 6.79. The molecule has 14 heavy (non-hydrogen) atoms. The van der Waals surface area contributed by atoms with Crippen molar-refractivity contribution in [3.8, 4) is 6.07 Å². The molecule has 0 aliphatic carbocycles. The fraction of sp³-hybridized carbons (Fsp3) is 0.800. The second-order valence-corrected chi connectivity index (χ2v) is 3.36. The Morgan fingerprint density at radius 3 is 2.71 bits per heavy atom. The van der Waals surface area contributed by atoms with Crippen LogP contribution in [0.4, 0.5) is 0 Å². The van der Waals surface area contributed by atoms with E-state index < -0.39 is 0 Å². The van der Waals surface area contributed by atoms with Crippen LogP contribution in [0, 0.1) is 11.3 Å². The van der Waals surface area contributed by atoms with E-state index in [1.54, 1.807) is 4.90 Å². The Labute approximate surface area is 84.4 Å². The van der Waals surface area contributed by atoms with Crippen molar-refractivity contribution in [1.82, 2.24) is 4.90 Å². The highest BCUT2D eigenvalue weighted by Crippen LogP contribution is 2.14. The van der Waals surface area contributed by atoms with Crippen molar-refractivity contribution in [3.05, 3.63) is 0 Å². The molecule has 0 unspecified atom stereocenters. The average Bonchev–Trinajstić information content (AvgIpc) is 2.21. The fourth-order valence-corrected chi connectivity index (χ4v) is 1.80. The molecule has 4 heteroatoms. The van der Waals surface area contributed by atoms with Gasteiger partial charge in [0.2, 0.25) is 5.91 Å². The van der Waals surface area contributed by atoms with Gasteiger partial charge in [0.1, 0.15) is 6.42 Å². The molecule has 1 aliphatic rings. The minimum atomic E-state index is -0.0538. The molecule has 1 saturated heterocycles. The van der Waals surface area contributed by atoms with Crippen molar-refractivity contribution in [2.75, 3.05) is 19.8 Å². The molecule has 0 N–H and O–H groups in total. The number of nitrogens with zero attached hydrogens (tertiary/aromatic N) is 2. The predicted molar refractivity (Wildman–Crippen MR) is 51.5 cm³/mol. The van der Waals surface area contributed by atoms with E-state index in [1.807, 2.05) is 13.0 Å². The number of carbonyl (C=O) groups excluding carboxylic acids is 1. The smallest absolute Gasteiger partial charge is 0.237 e. The van der Waals surface area contributed by atoms with Crippen LogP contribution in [0.15, 0.2) is 0 Å². The van der Waals surface area contributed by atoms with Crippen LogP contribution in [0.25, 0.3) is 0 Å². The largest absolute Gasteiger partial charge is 0.381 e. The van der Waals surface area contributed by atoms with Crippen LogP contribution in [0.3, 0.4) is 0 Å². The molecule has 0 aromatic heterocycles. The summed E-state index contributed by atoms with van der Waals surface area (Å²) in [6, 6.07) is 2.17. The monoisotopic (exact) mass is 196 g/mol. The van der Waals surface area contributed by atoms with Crippen molar-refractivity contribution in [2.24, 2.45) is 0 Å². The Bertz CT molecular complexity index is 229. The molecule has 0 spiro atoms. The molecule has 0 saturated carbocycles. The highest BCUT2D eigenvalue weighted by Gasteiger charge is 2.23. The summed E-state index contributed by atoms with van der Waals surface area (Å²) in [5.74, 6) is -0.0538. The lowest BCUT2D eigenvalue weighted by Crippen LogP contribution is -2.43. The number of hydrogen-bond acceptors (Lipinski definition) is 3. The Morgan fingerprint density at radius 2 is 2.21 bits per heavy atom. The summed E-state index contributed by atoms with van der Waals surface area (Å²) in [7, 11) is 0. The maximum absolute atomic E-state index is 11.5. The number of hydrogen-bond donors (Lipinski definition) is 0. The van der Waals surface area contributed by atoms with Crippen LogP contribution >= 0.6 is 0 Å². The van der Waals surface area contributed by atoms with Crippen LogP contribution < -0.4 is 0 Å². The van der Waals surface area contributed by atoms with Gasteiger partial charge in [-0.25, -0.2) is 0 Å². The molecule has 0 radical (unpaired) electrons. The highest BCUT2D eigenvalue weighted by molar-refractivity contribution is 5.78. The summed E-state index contributed by atoms with van der Waals surface area (Å²) in [5.41, 5.74) is 0. The minimum absolute atomic E-state index is 0.00873. The van der Waals surface area contributed by atoms with Crippen molar-refractivity contribution < 1.29 is 9.53 Å². The normalized spacial score (nSPS) is 17.4. The van der Waals surface area contributed by atoms with Gasteiger partial charge in [-0.1, -0.05) is 0 Å². The van der Waals surface area contributed by atoms with E-state index >= 15 is 0 Å². The van der Waals surface area contributed by atoms with Crippen LogP contribution in [-0.4, -0.2) is 36.6 Å². The zero-order valence-electron chi connectivity index (χ0n) is 8.53. The second-order valence-electron chi connectivity index (χ2n) is 3.36. The molecule has 0 bridgehead atoms. The molecular weight excluding hydrogens is 180 g/mol. The van der Waals surface area contributed by atoms with E-state index in [9.17, 15) is 4.79 Å². The molecule has 0 aromatic carbocycles. The summed E-state index contributed by atoms with van der Waals surface area (Å²) < 4.78 is 5.23. The molecule has 1 amide bonds. The van der Waals surface area contributed by atoms with Gasteiger partial charge < -0.3 is 9.64 Å². The van der Waals surface area contributed by atoms with Crippen LogP contribution in [0.2, 0.25) is 0 Å². The van der Waals surface area contributed by atoms with Gasteiger partial charge in [-0.15, -0.1) is 0 Å². The van der Waals surface area contributed by atoms with Gasteiger partial charge in [0, 0.05) is 25.8 Å². The van der Waals surface area contributed by atoms with Gasteiger partial charge in [-0.3, -0.25) is 4.79 Å². The molecule has 4 nitrogen and oxygen atoms in total. The summed E-state index contributed by atoms with van der Waals surface area (Å²) in [4.78, 5) is 13.3. The third-order valence-electron chi connectivity index (χ3n) is 2.52. The van der Waals surface area contributed by atoms with Crippen molar-refractivity contribution >= 4 is 5.91 Å². The van der Waals surface area contributed by atoms with E-state index in [0.29, 0.717) is 6.54 Å². The maximum Gasteiger partial charge on any atom is 0.237 e. The lowest BCUT2D eigenvalue weighted by molar-refractivity contribution is -0.134. The van der Waals surface area contributed by atoms with Gasteiger partial charge in [0.15, 0.2) is 0 Å². The van der Waals surface area contributed by atoms with Crippen molar-refractivity contribution in [2.45, 2.75) is 32.2 Å². The number of nitriles is 1. The van der Waals surface area contributed by atoms with E-state index in [2.05, 4.69) is 0 Å². The molecule has 1 aliphatic heterocycles.